The molecule has 1 N–H and O–H groups in total. The van der Waals surface area contributed by atoms with Crippen LogP contribution in [0.25, 0.3) is 0 Å². The first-order valence-electron chi connectivity index (χ1n) is 5.32. The van der Waals surface area contributed by atoms with Crippen LogP contribution in [0.4, 0.5) is 0 Å². The number of hydrogen-bond donors (Lipinski definition) is 1. The van der Waals surface area contributed by atoms with E-state index >= 15 is 0 Å². The topological polar surface area (TPSA) is 45.5 Å². The molecule has 0 aliphatic heterocycles. The normalized spacial score (nSPS) is 10.4. The first kappa shape index (κ1) is 13.3. The van der Waals surface area contributed by atoms with Gasteiger partial charge in [-0.05, 0) is 34.6 Å². The molecule has 1 heterocycles. The third-order valence-corrected chi connectivity index (χ3v) is 2.64. The van der Waals surface area contributed by atoms with E-state index in [1.165, 1.54) is 0 Å². The fraction of sp³-hybridized carbons (Fsp3) is 0.545. The molecule has 5 heteroatoms. The zero-order valence-corrected chi connectivity index (χ0v) is 11.2. The molecular formula is C11H17BrN2O2. The van der Waals surface area contributed by atoms with Crippen molar-refractivity contribution in [2.24, 2.45) is 0 Å². The maximum absolute atomic E-state index is 11.7. The Kier molecular flexibility index (Phi) is 5.55. The Morgan fingerprint density at radius 1 is 1.56 bits per heavy atom. The maximum atomic E-state index is 11.7. The van der Waals surface area contributed by atoms with Gasteiger partial charge in [-0.2, -0.15) is 0 Å². The van der Waals surface area contributed by atoms with Crippen LogP contribution < -0.4 is 5.32 Å². The number of carbonyl (C=O) groups excluding carboxylic acids is 1. The van der Waals surface area contributed by atoms with Gasteiger partial charge in [-0.15, -0.1) is 0 Å². The lowest BCUT2D eigenvalue weighted by atomic mass is 10.3. The van der Waals surface area contributed by atoms with Gasteiger partial charge in [0.1, 0.15) is 5.76 Å². The quantitative estimate of drug-likeness (QED) is 0.815. The summed E-state index contributed by atoms with van der Waals surface area (Å²) in [7, 11) is 1.78. The smallest absolute Gasteiger partial charge is 0.223 e. The second-order valence-corrected chi connectivity index (χ2v) is 4.34. The molecule has 1 aromatic heterocycles. The number of carbonyl (C=O) groups is 1. The van der Waals surface area contributed by atoms with Gasteiger partial charge in [0.2, 0.25) is 5.91 Å². The number of rotatable bonds is 6. The van der Waals surface area contributed by atoms with Crippen molar-refractivity contribution in [3.63, 3.8) is 0 Å². The second-order valence-electron chi connectivity index (χ2n) is 3.56. The summed E-state index contributed by atoms with van der Waals surface area (Å²) in [6, 6.07) is 3.68. The van der Waals surface area contributed by atoms with E-state index < -0.39 is 0 Å². The summed E-state index contributed by atoms with van der Waals surface area (Å²) < 4.78 is 6.03. The molecule has 0 aliphatic rings. The lowest BCUT2D eigenvalue weighted by Crippen LogP contribution is -2.29. The molecule has 4 nitrogen and oxygen atoms in total. The highest BCUT2D eigenvalue weighted by molar-refractivity contribution is 9.10. The van der Waals surface area contributed by atoms with Gasteiger partial charge < -0.3 is 14.6 Å². The molecule has 0 atom stereocenters. The molecule has 0 saturated heterocycles. The van der Waals surface area contributed by atoms with Crippen molar-refractivity contribution in [3.05, 3.63) is 22.6 Å². The van der Waals surface area contributed by atoms with Gasteiger partial charge in [-0.1, -0.05) is 6.92 Å². The van der Waals surface area contributed by atoms with Crippen LogP contribution in [-0.4, -0.2) is 30.9 Å². The second kappa shape index (κ2) is 6.70. The molecule has 90 valence electrons. The Hall–Kier alpha value is -0.810. The Bertz CT molecular complexity index is 338. The Labute approximate surface area is 104 Å². The summed E-state index contributed by atoms with van der Waals surface area (Å²) in [6.07, 6.45) is 0.520. The molecule has 0 unspecified atom stereocenters. The zero-order chi connectivity index (χ0) is 12.0. The Balaban J connectivity index is 2.34. The minimum atomic E-state index is 0.119. The molecule has 0 spiro atoms. The van der Waals surface area contributed by atoms with E-state index in [1.54, 1.807) is 11.9 Å². The molecule has 0 bridgehead atoms. The van der Waals surface area contributed by atoms with Gasteiger partial charge >= 0.3 is 0 Å². The van der Waals surface area contributed by atoms with E-state index in [4.69, 9.17) is 4.42 Å². The van der Waals surface area contributed by atoms with Crippen LogP contribution in [0.1, 0.15) is 19.1 Å². The maximum Gasteiger partial charge on any atom is 0.223 e. The van der Waals surface area contributed by atoms with Crippen LogP contribution in [0.2, 0.25) is 0 Å². The predicted molar refractivity (Wildman–Crippen MR) is 66.0 cm³/mol. The van der Waals surface area contributed by atoms with Crippen molar-refractivity contribution in [3.8, 4) is 0 Å². The van der Waals surface area contributed by atoms with Crippen LogP contribution >= 0.6 is 15.9 Å². The average Bonchev–Trinajstić information content (AvgIpc) is 2.64. The predicted octanol–water partition coefficient (Wildman–Crippen LogP) is 2.00. The van der Waals surface area contributed by atoms with Gasteiger partial charge in [-0.3, -0.25) is 4.79 Å². The first-order chi connectivity index (χ1) is 7.63. The van der Waals surface area contributed by atoms with Gasteiger partial charge in [-0.25, -0.2) is 0 Å². The van der Waals surface area contributed by atoms with Crippen molar-refractivity contribution in [1.82, 2.24) is 10.2 Å². The van der Waals surface area contributed by atoms with Crippen LogP contribution in [0.3, 0.4) is 0 Å². The molecule has 1 aromatic rings. The van der Waals surface area contributed by atoms with Crippen molar-refractivity contribution in [1.29, 1.82) is 0 Å². The van der Waals surface area contributed by atoms with Gasteiger partial charge in [0.25, 0.3) is 0 Å². The van der Waals surface area contributed by atoms with E-state index in [2.05, 4.69) is 21.2 Å². The largest absolute Gasteiger partial charge is 0.452 e. The number of hydrogen-bond acceptors (Lipinski definition) is 3. The zero-order valence-electron chi connectivity index (χ0n) is 9.62. The van der Waals surface area contributed by atoms with Crippen molar-refractivity contribution < 1.29 is 9.21 Å². The summed E-state index contributed by atoms with van der Waals surface area (Å²) in [4.78, 5) is 13.3. The highest BCUT2D eigenvalue weighted by atomic mass is 79.9. The van der Waals surface area contributed by atoms with Gasteiger partial charge in [0.15, 0.2) is 4.67 Å². The van der Waals surface area contributed by atoms with E-state index in [9.17, 15) is 4.79 Å². The van der Waals surface area contributed by atoms with Crippen LogP contribution in [0.15, 0.2) is 21.2 Å². The third-order valence-electron chi connectivity index (χ3n) is 2.21. The average molecular weight is 289 g/mol. The monoisotopic (exact) mass is 288 g/mol. The molecule has 0 aromatic carbocycles. The number of nitrogens with one attached hydrogen (secondary N) is 1. The van der Waals surface area contributed by atoms with Crippen LogP contribution in [0.5, 0.6) is 0 Å². The third kappa shape index (κ3) is 4.37. The summed E-state index contributed by atoms with van der Waals surface area (Å²) >= 11 is 3.23. The molecule has 0 saturated carbocycles. The summed E-state index contributed by atoms with van der Waals surface area (Å²) in [5, 5.41) is 3.12. The van der Waals surface area contributed by atoms with E-state index in [-0.39, 0.29) is 5.91 Å². The van der Waals surface area contributed by atoms with Crippen molar-refractivity contribution in [2.75, 3.05) is 20.1 Å². The van der Waals surface area contributed by atoms with E-state index in [0.717, 1.165) is 18.8 Å². The summed E-state index contributed by atoms with van der Waals surface area (Å²) in [5.41, 5.74) is 0. The molecule has 0 fully saturated rings. The highest BCUT2D eigenvalue weighted by Gasteiger charge is 2.10. The van der Waals surface area contributed by atoms with Crippen LogP contribution in [0, 0.1) is 0 Å². The minimum Gasteiger partial charge on any atom is -0.452 e. The fourth-order valence-electron chi connectivity index (χ4n) is 1.32. The Morgan fingerprint density at radius 3 is 2.88 bits per heavy atom. The van der Waals surface area contributed by atoms with E-state index in [1.807, 2.05) is 19.1 Å². The van der Waals surface area contributed by atoms with Gasteiger partial charge in [0, 0.05) is 20.0 Å². The number of halogens is 1. The van der Waals surface area contributed by atoms with Crippen molar-refractivity contribution in [2.45, 2.75) is 19.9 Å². The molecule has 0 radical (unpaired) electrons. The lowest BCUT2D eigenvalue weighted by Gasteiger charge is -2.15. The minimum absolute atomic E-state index is 0.119. The standard InChI is InChI=1S/C11H17BrN2O2/c1-3-13-7-6-11(15)14(2)8-9-4-5-10(12)16-9/h4-5,13H,3,6-8H2,1-2H3. The molecular weight excluding hydrogens is 272 g/mol. The Morgan fingerprint density at radius 2 is 2.31 bits per heavy atom. The SMILES string of the molecule is CCNCCC(=O)N(C)Cc1ccc(Br)o1. The van der Waals surface area contributed by atoms with E-state index in [0.29, 0.717) is 17.6 Å². The van der Waals surface area contributed by atoms with Crippen molar-refractivity contribution >= 4 is 21.8 Å². The lowest BCUT2D eigenvalue weighted by molar-refractivity contribution is -0.130. The molecule has 1 amide bonds. The highest BCUT2D eigenvalue weighted by Crippen LogP contribution is 2.15. The number of nitrogens with zero attached hydrogens (tertiary/aromatic N) is 1. The number of furan rings is 1. The molecule has 16 heavy (non-hydrogen) atoms. The molecule has 1 rings (SSSR count). The van der Waals surface area contributed by atoms with Gasteiger partial charge in [0.05, 0.1) is 6.54 Å². The first-order valence-corrected chi connectivity index (χ1v) is 6.11. The molecule has 0 aliphatic carbocycles. The summed E-state index contributed by atoms with van der Waals surface area (Å²) in [5.74, 6) is 0.902. The number of amides is 1. The summed E-state index contributed by atoms with van der Waals surface area (Å²) in [6.45, 7) is 4.15. The van der Waals surface area contributed by atoms with Crippen LogP contribution in [-0.2, 0) is 11.3 Å². The fourth-order valence-corrected chi connectivity index (χ4v) is 1.66.